The average Bonchev–Trinajstić information content (AvgIpc) is 3.00. The van der Waals surface area contributed by atoms with Crippen LogP contribution in [0.3, 0.4) is 0 Å². The monoisotopic (exact) mass is 324 g/mol. The maximum absolute atomic E-state index is 13.7. The van der Waals surface area contributed by atoms with Gasteiger partial charge in [0, 0.05) is 25.8 Å². The van der Waals surface area contributed by atoms with Crippen LogP contribution in [0.5, 0.6) is 0 Å². The molecule has 0 amide bonds. The van der Waals surface area contributed by atoms with E-state index in [1.807, 2.05) is 4.90 Å². The van der Waals surface area contributed by atoms with E-state index in [9.17, 15) is 13.9 Å². The molecular formula is C15H18F2N4O2. The molecule has 1 saturated heterocycles. The summed E-state index contributed by atoms with van der Waals surface area (Å²) in [5.74, 6) is -1.46. The summed E-state index contributed by atoms with van der Waals surface area (Å²) in [6.07, 6.45) is 2.00. The number of aliphatic hydroxyl groups is 1. The standard InChI is InChI=1S/C15H18F2N4O2/c16-12-2-1-3-13(17)15(12)14(22)10-20-6-7-23-11(8-20)9-21-5-4-18-19-21/h1-5,11,14,22H,6-10H2. The van der Waals surface area contributed by atoms with Crippen LogP contribution in [-0.2, 0) is 11.3 Å². The van der Waals surface area contributed by atoms with Crippen molar-refractivity contribution in [1.82, 2.24) is 19.9 Å². The van der Waals surface area contributed by atoms with Crippen LogP contribution in [0, 0.1) is 11.6 Å². The first kappa shape index (κ1) is 16.0. The molecule has 2 unspecified atom stereocenters. The Kier molecular flexibility index (Phi) is 4.94. The molecule has 1 aromatic heterocycles. The minimum absolute atomic E-state index is 0.108. The van der Waals surface area contributed by atoms with Crippen molar-refractivity contribution in [3.8, 4) is 0 Å². The molecule has 0 spiro atoms. The third kappa shape index (κ3) is 3.90. The highest BCUT2D eigenvalue weighted by Gasteiger charge is 2.25. The van der Waals surface area contributed by atoms with Gasteiger partial charge in [0.2, 0.25) is 0 Å². The van der Waals surface area contributed by atoms with Gasteiger partial charge < -0.3 is 9.84 Å². The quantitative estimate of drug-likeness (QED) is 0.889. The fourth-order valence-electron chi connectivity index (χ4n) is 2.76. The first-order chi connectivity index (χ1) is 11.1. The molecule has 23 heavy (non-hydrogen) atoms. The van der Waals surface area contributed by atoms with Crippen LogP contribution in [0.15, 0.2) is 30.6 Å². The van der Waals surface area contributed by atoms with Gasteiger partial charge in [0.15, 0.2) is 0 Å². The van der Waals surface area contributed by atoms with Crippen molar-refractivity contribution in [3.05, 3.63) is 47.8 Å². The Bertz CT molecular complexity index is 618. The lowest BCUT2D eigenvalue weighted by molar-refractivity contribution is -0.0493. The van der Waals surface area contributed by atoms with Crippen molar-refractivity contribution in [2.24, 2.45) is 0 Å². The summed E-state index contributed by atoms with van der Waals surface area (Å²) in [5.41, 5.74) is -0.285. The highest BCUT2D eigenvalue weighted by molar-refractivity contribution is 5.22. The van der Waals surface area contributed by atoms with Crippen molar-refractivity contribution in [3.63, 3.8) is 0 Å². The Morgan fingerprint density at radius 3 is 2.83 bits per heavy atom. The van der Waals surface area contributed by atoms with Gasteiger partial charge in [-0.05, 0) is 12.1 Å². The van der Waals surface area contributed by atoms with Crippen LogP contribution in [0.4, 0.5) is 8.78 Å². The molecule has 1 fully saturated rings. The Labute approximate surface area is 132 Å². The number of aliphatic hydroxyl groups excluding tert-OH is 1. The van der Waals surface area contributed by atoms with Gasteiger partial charge in [0.1, 0.15) is 11.6 Å². The van der Waals surface area contributed by atoms with Gasteiger partial charge in [-0.2, -0.15) is 0 Å². The van der Waals surface area contributed by atoms with Crippen LogP contribution in [0.2, 0.25) is 0 Å². The van der Waals surface area contributed by atoms with Crippen LogP contribution in [0.25, 0.3) is 0 Å². The third-order valence-corrected chi connectivity index (χ3v) is 3.85. The van der Waals surface area contributed by atoms with E-state index in [0.717, 1.165) is 12.1 Å². The summed E-state index contributed by atoms with van der Waals surface area (Å²) in [6, 6.07) is 3.58. The molecule has 1 aromatic carbocycles. The molecule has 0 radical (unpaired) electrons. The smallest absolute Gasteiger partial charge is 0.131 e. The maximum atomic E-state index is 13.7. The van der Waals surface area contributed by atoms with E-state index in [-0.39, 0.29) is 18.2 Å². The zero-order valence-electron chi connectivity index (χ0n) is 12.5. The lowest BCUT2D eigenvalue weighted by Crippen LogP contribution is -2.45. The number of hydrogen-bond donors (Lipinski definition) is 1. The minimum Gasteiger partial charge on any atom is -0.387 e. The number of aromatic nitrogens is 3. The molecule has 1 aliphatic rings. The van der Waals surface area contributed by atoms with Crippen LogP contribution in [0.1, 0.15) is 11.7 Å². The molecule has 3 rings (SSSR count). The Morgan fingerprint density at radius 2 is 2.13 bits per heavy atom. The van der Waals surface area contributed by atoms with E-state index >= 15 is 0 Å². The van der Waals surface area contributed by atoms with E-state index in [2.05, 4.69) is 10.3 Å². The second kappa shape index (κ2) is 7.12. The normalized spacial score (nSPS) is 20.6. The number of rotatable bonds is 5. The zero-order chi connectivity index (χ0) is 16.2. The van der Waals surface area contributed by atoms with Gasteiger partial charge in [-0.25, -0.2) is 13.5 Å². The summed E-state index contributed by atoms with van der Waals surface area (Å²) >= 11 is 0. The number of benzene rings is 1. The molecule has 2 heterocycles. The van der Waals surface area contributed by atoms with Crippen molar-refractivity contribution in [2.75, 3.05) is 26.2 Å². The second-order valence-corrected chi connectivity index (χ2v) is 5.53. The number of morpholine rings is 1. The lowest BCUT2D eigenvalue weighted by atomic mass is 10.1. The largest absolute Gasteiger partial charge is 0.387 e. The predicted molar refractivity (Wildman–Crippen MR) is 77.5 cm³/mol. The van der Waals surface area contributed by atoms with Gasteiger partial charge in [-0.3, -0.25) is 4.90 Å². The highest BCUT2D eigenvalue weighted by atomic mass is 19.1. The molecule has 8 heteroatoms. The van der Waals surface area contributed by atoms with E-state index in [1.54, 1.807) is 17.1 Å². The molecule has 0 saturated carbocycles. The topological polar surface area (TPSA) is 63.4 Å². The van der Waals surface area contributed by atoms with Gasteiger partial charge in [0.25, 0.3) is 0 Å². The minimum atomic E-state index is -1.22. The number of halogens is 2. The average molecular weight is 324 g/mol. The highest BCUT2D eigenvalue weighted by Crippen LogP contribution is 2.22. The van der Waals surface area contributed by atoms with Gasteiger partial charge in [0.05, 0.1) is 37.1 Å². The Balaban J connectivity index is 1.61. The SMILES string of the molecule is OC(CN1CCOC(Cn2ccnn2)C1)c1c(F)cccc1F. The fourth-order valence-corrected chi connectivity index (χ4v) is 2.76. The Hall–Kier alpha value is -1.90. The van der Waals surface area contributed by atoms with Crippen LogP contribution in [-0.4, -0.2) is 57.3 Å². The Morgan fingerprint density at radius 1 is 1.35 bits per heavy atom. The fraction of sp³-hybridized carbons (Fsp3) is 0.467. The molecule has 1 N–H and O–H groups in total. The zero-order valence-corrected chi connectivity index (χ0v) is 12.5. The number of hydrogen-bond acceptors (Lipinski definition) is 5. The predicted octanol–water partition coefficient (Wildman–Crippen LogP) is 0.991. The van der Waals surface area contributed by atoms with Crippen molar-refractivity contribution in [2.45, 2.75) is 18.8 Å². The van der Waals surface area contributed by atoms with E-state index in [0.29, 0.717) is 26.2 Å². The summed E-state index contributed by atoms with van der Waals surface area (Å²) in [4.78, 5) is 1.93. The summed E-state index contributed by atoms with van der Waals surface area (Å²) in [5, 5.41) is 17.8. The summed E-state index contributed by atoms with van der Waals surface area (Å²) in [6.45, 7) is 2.33. The lowest BCUT2D eigenvalue weighted by Gasteiger charge is -2.34. The molecule has 2 atom stereocenters. The van der Waals surface area contributed by atoms with Crippen LogP contribution < -0.4 is 0 Å². The van der Waals surface area contributed by atoms with Gasteiger partial charge in [-0.1, -0.05) is 11.3 Å². The first-order valence-corrected chi connectivity index (χ1v) is 7.43. The molecular weight excluding hydrogens is 306 g/mol. The molecule has 6 nitrogen and oxygen atoms in total. The number of ether oxygens (including phenoxy) is 1. The number of nitrogens with zero attached hydrogens (tertiary/aromatic N) is 4. The van der Waals surface area contributed by atoms with E-state index in [4.69, 9.17) is 4.74 Å². The van der Waals surface area contributed by atoms with E-state index < -0.39 is 17.7 Å². The van der Waals surface area contributed by atoms with Gasteiger partial charge >= 0.3 is 0 Å². The van der Waals surface area contributed by atoms with Gasteiger partial charge in [-0.15, -0.1) is 5.10 Å². The summed E-state index contributed by atoms with van der Waals surface area (Å²) < 4.78 is 34.8. The maximum Gasteiger partial charge on any atom is 0.131 e. The molecule has 124 valence electrons. The van der Waals surface area contributed by atoms with E-state index in [1.165, 1.54) is 6.07 Å². The molecule has 1 aliphatic heterocycles. The van der Waals surface area contributed by atoms with Crippen LogP contribution >= 0.6 is 0 Å². The molecule has 0 aliphatic carbocycles. The second-order valence-electron chi connectivity index (χ2n) is 5.53. The number of β-amino-alcohol motifs (C(OH)–C–C–N with tert-alkyl or cyclic N) is 1. The molecule has 0 bridgehead atoms. The third-order valence-electron chi connectivity index (χ3n) is 3.85. The van der Waals surface area contributed by atoms with Crippen molar-refractivity contribution in [1.29, 1.82) is 0 Å². The molecule has 2 aromatic rings. The van der Waals surface area contributed by atoms with Crippen molar-refractivity contribution >= 4 is 0 Å². The first-order valence-electron chi connectivity index (χ1n) is 7.43. The van der Waals surface area contributed by atoms with Crippen molar-refractivity contribution < 1.29 is 18.6 Å². The summed E-state index contributed by atoms with van der Waals surface area (Å²) in [7, 11) is 0.